The van der Waals surface area contributed by atoms with Gasteiger partial charge in [-0.2, -0.15) is 0 Å². The molecule has 1 unspecified atom stereocenters. The van der Waals surface area contributed by atoms with Crippen LogP contribution in [0.2, 0.25) is 0 Å². The average Bonchev–Trinajstić information content (AvgIpc) is 3.79. The molecule has 0 saturated carbocycles. The quantitative estimate of drug-likeness (QED) is 0.0645. The van der Waals surface area contributed by atoms with Crippen molar-refractivity contribution >= 4 is 51.2 Å². The molecule has 3 aliphatic heterocycles. The second-order valence-electron chi connectivity index (χ2n) is 16.4. The highest BCUT2D eigenvalue weighted by atomic mass is 16.5. The fraction of sp³-hybridized carbons (Fsp3) is 0.477. The van der Waals surface area contributed by atoms with Gasteiger partial charge in [0, 0.05) is 123 Å². The first-order valence-electron chi connectivity index (χ1n) is 21.1. The number of fused-ring (bicyclic) bond motifs is 2. The molecule has 4 amide bonds. The van der Waals surface area contributed by atoms with E-state index in [1.807, 2.05) is 29.2 Å². The Hall–Kier alpha value is -5.75. The van der Waals surface area contributed by atoms with E-state index in [0.717, 1.165) is 78.7 Å². The van der Waals surface area contributed by atoms with Crippen molar-refractivity contribution in [2.24, 2.45) is 18.6 Å². The van der Waals surface area contributed by atoms with Crippen LogP contribution in [0.3, 0.4) is 0 Å². The molecule has 5 heterocycles. The fourth-order valence-corrected chi connectivity index (χ4v) is 8.48. The van der Waals surface area contributed by atoms with Gasteiger partial charge in [-0.1, -0.05) is 12.1 Å². The molecule has 0 bridgehead atoms. The van der Waals surface area contributed by atoms with Crippen LogP contribution in [0, 0.1) is 0 Å². The third kappa shape index (κ3) is 10.1. The zero-order valence-corrected chi connectivity index (χ0v) is 35.4. The highest BCUT2D eigenvalue weighted by molar-refractivity contribution is 6.00. The third-order valence-corrected chi connectivity index (χ3v) is 11.9. The van der Waals surface area contributed by atoms with Crippen LogP contribution in [0.4, 0.5) is 0 Å². The number of amides is 4. The Morgan fingerprint density at radius 2 is 1.79 bits per heavy atom. The summed E-state index contributed by atoms with van der Waals surface area (Å²) >= 11 is 0. The number of carbonyl (C=O) groups excluding carboxylic acids is 4. The molecular weight excluding hydrogens is 781 g/mol. The molecule has 61 heavy (non-hydrogen) atoms. The number of carbonyl (C=O) groups is 4. The van der Waals surface area contributed by atoms with E-state index in [4.69, 9.17) is 20.7 Å². The van der Waals surface area contributed by atoms with Crippen LogP contribution in [-0.4, -0.2) is 137 Å². The van der Waals surface area contributed by atoms with Crippen molar-refractivity contribution in [2.45, 2.75) is 51.1 Å². The Balaban J connectivity index is 0.904. The van der Waals surface area contributed by atoms with Gasteiger partial charge < -0.3 is 34.6 Å². The number of rotatable bonds is 16. The summed E-state index contributed by atoms with van der Waals surface area (Å²) in [6.45, 7) is 7.91. The number of benzene rings is 2. The molecule has 17 nitrogen and oxygen atoms in total. The molecule has 2 fully saturated rings. The van der Waals surface area contributed by atoms with Crippen LogP contribution in [-0.2, 0) is 39.1 Å². The van der Waals surface area contributed by atoms with Crippen molar-refractivity contribution < 1.29 is 28.3 Å². The molecule has 4 aromatic rings. The summed E-state index contributed by atoms with van der Waals surface area (Å²) < 4.78 is 15.3. The Kier molecular flexibility index (Phi) is 13.7. The lowest BCUT2D eigenvalue weighted by molar-refractivity contribution is -0.136. The van der Waals surface area contributed by atoms with Crippen molar-refractivity contribution in [2.75, 3.05) is 79.7 Å². The predicted molar refractivity (Wildman–Crippen MR) is 232 cm³/mol. The number of hydrogen-bond donors (Lipinski definition) is 3. The van der Waals surface area contributed by atoms with Crippen molar-refractivity contribution in [3.8, 4) is 0 Å². The van der Waals surface area contributed by atoms with Gasteiger partial charge in [0.1, 0.15) is 11.6 Å². The molecule has 0 radical (unpaired) electrons. The molecule has 0 aliphatic carbocycles. The van der Waals surface area contributed by atoms with Crippen molar-refractivity contribution in [1.29, 1.82) is 0 Å². The summed E-state index contributed by atoms with van der Waals surface area (Å²) in [6.07, 6.45) is 8.22. The largest absolute Gasteiger partial charge is 0.451 e. The number of piperidine rings is 1. The Morgan fingerprint density at radius 3 is 2.54 bits per heavy atom. The van der Waals surface area contributed by atoms with Crippen molar-refractivity contribution in [3.63, 3.8) is 0 Å². The van der Waals surface area contributed by atoms with Gasteiger partial charge in [0.25, 0.3) is 5.91 Å². The number of nitrogens with two attached hydrogens (primary N) is 2. The van der Waals surface area contributed by atoms with Gasteiger partial charge in [-0.25, -0.2) is 10.6 Å². The van der Waals surface area contributed by atoms with Crippen molar-refractivity contribution in [1.82, 2.24) is 39.1 Å². The zero-order valence-electron chi connectivity index (χ0n) is 35.4. The zero-order chi connectivity index (χ0) is 43.2. The van der Waals surface area contributed by atoms with Gasteiger partial charge in [0.15, 0.2) is 5.76 Å². The summed E-state index contributed by atoms with van der Waals surface area (Å²) in [7, 11) is 5.12. The smallest absolute Gasteiger partial charge is 0.329 e. The highest BCUT2D eigenvalue weighted by Crippen LogP contribution is 2.32. The van der Waals surface area contributed by atoms with Gasteiger partial charge in [-0.05, 0) is 72.7 Å². The number of ether oxygens (including phenoxy) is 1. The standard InChI is InChI=1S/C44H58N10O7/c1-48(2)43(58)38-27-33-25-32(31-6-4-15-52(29-31)40(56)11-16-53(46)17-13-45)26-34(41(33)61-38)28-51-20-18-50(19-21-51)14-5-22-60-23-12-30-7-8-35-37(24-30)49(3)44(59)54(35)36-9-10-39(55)47-42(36)57/h6-8,13,17,24-27,36H,4-5,9-12,14-16,18-23,28-29,45-46H2,1-3H3,(H,47,55,57)/b17-13-. The molecule has 7 rings (SSSR count). The molecule has 2 saturated heterocycles. The van der Waals surface area contributed by atoms with Gasteiger partial charge >= 0.3 is 5.69 Å². The lowest BCUT2D eigenvalue weighted by Gasteiger charge is -2.34. The first-order chi connectivity index (χ1) is 29.4. The van der Waals surface area contributed by atoms with E-state index in [9.17, 15) is 24.0 Å². The molecule has 2 aromatic carbocycles. The maximum absolute atomic E-state index is 13.1. The lowest BCUT2D eigenvalue weighted by Crippen LogP contribution is -2.46. The summed E-state index contributed by atoms with van der Waals surface area (Å²) in [5.74, 6) is 5.27. The maximum Gasteiger partial charge on any atom is 0.329 e. The lowest BCUT2D eigenvalue weighted by atomic mass is 9.96. The van der Waals surface area contributed by atoms with Gasteiger partial charge in [0.05, 0.1) is 17.6 Å². The molecule has 2 aromatic heterocycles. The van der Waals surface area contributed by atoms with E-state index >= 15 is 0 Å². The Labute approximate surface area is 355 Å². The van der Waals surface area contributed by atoms with E-state index in [1.54, 1.807) is 25.7 Å². The second-order valence-corrected chi connectivity index (χ2v) is 16.4. The number of aryl methyl sites for hydroxylation is 1. The molecular formula is C44H58N10O7. The van der Waals surface area contributed by atoms with Crippen LogP contribution in [0.15, 0.2) is 64.1 Å². The third-order valence-electron chi connectivity index (χ3n) is 11.9. The number of furan rings is 1. The summed E-state index contributed by atoms with van der Waals surface area (Å²) in [4.78, 5) is 71.6. The molecule has 17 heteroatoms. The minimum Gasteiger partial charge on any atom is -0.451 e. The number of hydrazine groups is 1. The average molecular weight is 839 g/mol. The van der Waals surface area contributed by atoms with Crippen molar-refractivity contribution in [3.05, 3.63) is 87.8 Å². The minimum atomic E-state index is -0.706. The Morgan fingerprint density at radius 1 is 1.00 bits per heavy atom. The van der Waals surface area contributed by atoms with E-state index in [-0.39, 0.29) is 36.3 Å². The first kappa shape index (κ1) is 43.3. The van der Waals surface area contributed by atoms with E-state index in [2.05, 4.69) is 33.3 Å². The number of imide groups is 1. The monoisotopic (exact) mass is 838 g/mol. The second kappa shape index (κ2) is 19.3. The SMILES string of the molecule is CN(C)C(=O)c1cc2cc(C3=CCCN(C(=O)CCN(N)/C=C\N)C3)cc(CN3CCN(CCCOCCc4ccc5c(c4)n(C)c(=O)n5C4CCC(=O)NC4=O)CC3)c2o1. The number of piperazine rings is 1. The van der Waals surface area contributed by atoms with Crippen LogP contribution < -0.4 is 22.6 Å². The van der Waals surface area contributed by atoms with Gasteiger partial charge in [-0.15, -0.1) is 0 Å². The molecule has 326 valence electrons. The molecule has 1 atom stereocenters. The fourth-order valence-electron chi connectivity index (χ4n) is 8.48. The van der Waals surface area contributed by atoms with E-state index in [1.165, 1.54) is 26.9 Å². The molecule has 5 N–H and O–H groups in total. The van der Waals surface area contributed by atoms with Crippen LogP contribution in [0.5, 0.6) is 0 Å². The normalized spacial score (nSPS) is 18.0. The number of aromatic nitrogens is 2. The van der Waals surface area contributed by atoms with Crippen LogP contribution >= 0.6 is 0 Å². The maximum atomic E-state index is 13.1. The van der Waals surface area contributed by atoms with Crippen LogP contribution in [0.25, 0.3) is 27.6 Å². The predicted octanol–water partition coefficient (Wildman–Crippen LogP) is 2.14. The first-order valence-corrected chi connectivity index (χ1v) is 21.1. The topological polar surface area (TPSA) is 198 Å². The molecule has 0 spiro atoms. The number of nitrogens with zero attached hydrogens (tertiary/aromatic N) is 7. The summed E-state index contributed by atoms with van der Waals surface area (Å²) in [5.41, 5.74) is 11.4. The van der Waals surface area contributed by atoms with Crippen LogP contribution in [0.1, 0.15) is 65.4 Å². The molecule has 3 aliphatic rings. The Bertz CT molecular complexity index is 2390. The van der Waals surface area contributed by atoms with E-state index < -0.39 is 11.9 Å². The number of nitrogens with one attached hydrogen (secondary N) is 1. The summed E-state index contributed by atoms with van der Waals surface area (Å²) in [6, 6.07) is 11.2. The van der Waals surface area contributed by atoms with E-state index in [0.29, 0.717) is 69.1 Å². The number of hydrogen-bond acceptors (Lipinski definition) is 12. The van der Waals surface area contributed by atoms with Gasteiger partial charge in [0.2, 0.25) is 17.7 Å². The van der Waals surface area contributed by atoms with Gasteiger partial charge in [-0.3, -0.25) is 38.5 Å². The summed E-state index contributed by atoms with van der Waals surface area (Å²) in [5, 5.41) is 4.62. The highest BCUT2D eigenvalue weighted by Gasteiger charge is 2.31. The number of imidazole rings is 1. The minimum absolute atomic E-state index is 0.0324.